The van der Waals surface area contributed by atoms with Gasteiger partial charge in [-0.25, -0.2) is 0 Å². The van der Waals surface area contributed by atoms with Gasteiger partial charge in [0.2, 0.25) is 5.91 Å². The second kappa shape index (κ2) is 8.87. The average molecular weight is 296 g/mol. The number of carbonyl (C=O) groups excluding carboxylic acids is 1. The first-order valence-electron chi connectivity index (χ1n) is 6.81. The molecule has 5 heteroatoms. The van der Waals surface area contributed by atoms with E-state index in [0.29, 0.717) is 18.2 Å². The highest BCUT2D eigenvalue weighted by molar-refractivity contribution is 8.00. The van der Waals surface area contributed by atoms with Gasteiger partial charge < -0.3 is 15.8 Å². The second-order valence-corrected chi connectivity index (χ2v) is 6.14. The molecule has 1 aromatic rings. The van der Waals surface area contributed by atoms with E-state index in [9.17, 15) is 4.79 Å². The minimum absolute atomic E-state index is 0.0296. The minimum atomic E-state index is 0.0296. The molecule has 0 radical (unpaired) electrons. The van der Waals surface area contributed by atoms with Crippen molar-refractivity contribution in [3.05, 3.63) is 24.3 Å². The van der Waals surface area contributed by atoms with Gasteiger partial charge in [0.1, 0.15) is 5.75 Å². The molecule has 0 saturated heterocycles. The summed E-state index contributed by atoms with van der Waals surface area (Å²) in [6, 6.07) is 7.75. The van der Waals surface area contributed by atoms with Crippen LogP contribution in [0.5, 0.6) is 5.75 Å². The molecule has 112 valence electrons. The lowest BCUT2D eigenvalue weighted by atomic mass is 10.0. The molecular formula is C15H24N2O2S. The molecule has 0 fully saturated rings. The van der Waals surface area contributed by atoms with Crippen LogP contribution in [-0.4, -0.2) is 31.4 Å². The SMILES string of the molecule is COc1ccc(SCC(=O)NC(CN)CC(C)C)cc1. The van der Waals surface area contributed by atoms with Gasteiger partial charge in [-0.1, -0.05) is 13.8 Å². The van der Waals surface area contributed by atoms with Crippen molar-refractivity contribution in [1.29, 1.82) is 0 Å². The molecule has 20 heavy (non-hydrogen) atoms. The van der Waals surface area contributed by atoms with Gasteiger partial charge in [0.05, 0.1) is 12.9 Å². The standard InChI is InChI=1S/C15H24N2O2S/c1-11(2)8-12(9-16)17-15(18)10-20-14-6-4-13(19-3)5-7-14/h4-7,11-12H,8-10,16H2,1-3H3,(H,17,18). The lowest BCUT2D eigenvalue weighted by Crippen LogP contribution is -2.41. The van der Waals surface area contributed by atoms with Crippen LogP contribution in [0.2, 0.25) is 0 Å². The number of rotatable bonds is 8. The number of methoxy groups -OCH3 is 1. The Labute approximate surface area is 125 Å². The minimum Gasteiger partial charge on any atom is -0.497 e. The number of nitrogens with two attached hydrogens (primary N) is 1. The van der Waals surface area contributed by atoms with Crippen LogP contribution < -0.4 is 15.8 Å². The van der Waals surface area contributed by atoms with Crippen molar-refractivity contribution in [3.8, 4) is 5.75 Å². The molecule has 0 saturated carbocycles. The molecule has 1 aromatic carbocycles. The first-order valence-corrected chi connectivity index (χ1v) is 7.80. The molecule has 1 unspecified atom stereocenters. The average Bonchev–Trinajstić information content (AvgIpc) is 2.44. The van der Waals surface area contributed by atoms with Crippen LogP contribution in [0.1, 0.15) is 20.3 Å². The highest BCUT2D eigenvalue weighted by Gasteiger charge is 2.12. The van der Waals surface area contributed by atoms with Crippen LogP contribution in [0.15, 0.2) is 29.2 Å². The van der Waals surface area contributed by atoms with Crippen LogP contribution >= 0.6 is 11.8 Å². The molecule has 0 aromatic heterocycles. The van der Waals surface area contributed by atoms with Gasteiger partial charge in [-0.3, -0.25) is 4.79 Å². The van der Waals surface area contributed by atoms with E-state index in [1.165, 1.54) is 11.8 Å². The van der Waals surface area contributed by atoms with Crippen LogP contribution in [0, 0.1) is 5.92 Å². The zero-order valence-corrected chi connectivity index (χ0v) is 13.2. The van der Waals surface area contributed by atoms with Crippen molar-refractivity contribution in [1.82, 2.24) is 5.32 Å². The van der Waals surface area contributed by atoms with Crippen molar-refractivity contribution in [2.75, 3.05) is 19.4 Å². The Hall–Kier alpha value is -1.20. The van der Waals surface area contributed by atoms with E-state index in [0.717, 1.165) is 17.1 Å². The van der Waals surface area contributed by atoms with E-state index < -0.39 is 0 Å². The normalized spacial score (nSPS) is 12.2. The summed E-state index contributed by atoms with van der Waals surface area (Å²) in [5.41, 5.74) is 5.67. The molecule has 0 aliphatic heterocycles. The van der Waals surface area contributed by atoms with E-state index in [2.05, 4.69) is 19.2 Å². The molecule has 1 amide bonds. The number of hydrogen-bond acceptors (Lipinski definition) is 4. The van der Waals surface area contributed by atoms with Gasteiger partial charge in [0.25, 0.3) is 0 Å². The maximum absolute atomic E-state index is 11.9. The number of thioether (sulfide) groups is 1. The highest BCUT2D eigenvalue weighted by Crippen LogP contribution is 2.21. The van der Waals surface area contributed by atoms with Gasteiger partial charge in [0, 0.05) is 17.5 Å². The summed E-state index contributed by atoms with van der Waals surface area (Å²) in [5, 5.41) is 2.98. The third kappa shape index (κ3) is 6.30. The van der Waals surface area contributed by atoms with E-state index in [1.807, 2.05) is 24.3 Å². The van der Waals surface area contributed by atoms with Crippen molar-refractivity contribution >= 4 is 17.7 Å². The molecule has 0 spiro atoms. The van der Waals surface area contributed by atoms with Crippen molar-refractivity contribution in [2.45, 2.75) is 31.2 Å². The summed E-state index contributed by atoms with van der Waals surface area (Å²) in [4.78, 5) is 12.9. The summed E-state index contributed by atoms with van der Waals surface area (Å²) in [5.74, 6) is 1.78. The Balaban J connectivity index is 2.37. The number of carbonyl (C=O) groups is 1. The van der Waals surface area contributed by atoms with E-state index in [1.54, 1.807) is 7.11 Å². The fourth-order valence-electron chi connectivity index (χ4n) is 1.87. The maximum Gasteiger partial charge on any atom is 0.230 e. The zero-order valence-electron chi connectivity index (χ0n) is 12.4. The largest absolute Gasteiger partial charge is 0.497 e. The van der Waals surface area contributed by atoms with Crippen molar-refractivity contribution in [3.63, 3.8) is 0 Å². The van der Waals surface area contributed by atoms with Gasteiger partial charge in [-0.15, -0.1) is 11.8 Å². The molecule has 0 aliphatic carbocycles. The molecule has 3 N–H and O–H groups in total. The molecule has 4 nitrogen and oxygen atoms in total. The third-order valence-electron chi connectivity index (χ3n) is 2.83. The van der Waals surface area contributed by atoms with Crippen LogP contribution in [0.25, 0.3) is 0 Å². The Bertz CT molecular complexity index is 407. The summed E-state index contributed by atoms with van der Waals surface area (Å²) in [7, 11) is 1.64. The topological polar surface area (TPSA) is 64.3 Å². The fraction of sp³-hybridized carbons (Fsp3) is 0.533. The van der Waals surface area contributed by atoms with Gasteiger partial charge in [-0.05, 0) is 36.6 Å². The van der Waals surface area contributed by atoms with E-state index in [-0.39, 0.29) is 11.9 Å². The van der Waals surface area contributed by atoms with Crippen molar-refractivity contribution in [2.24, 2.45) is 11.7 Å². The number of ether oxygens (including phenoxy) is 1. The molecule has 1 atom stereocenters. The monoisotopic (exact) mass is 296 g/mol. The van der Waals surface area contributed by atoms with Gasteiger partial charge in [0.15, 0.2) is 0 Å². The second-order valence-electron chi connectivity index (χ2n) is 5.09. The van der Waals surface area contributed by atoms with Crippen molar-refractivity contribution < 1.29 is 9.53 Å². The van der Waals surface area contributed by atoms with Crippen LogP contribution in [0.3, 0.4) is 0 Å². The summed E-state index contributed by atoms with van der Waals surface area (Å²) >= 11 is 1.51. The number of benzene rings is 1. The number of amides is 1. The zero-order chi connectivity index (χ0) is 15.0. The van der Waals surface area contributed by atoms with Gasteiger partial charge >= 0.3 is 0 Å². The smallest absolute Gasteiger partial charge is 0.230 e. The number of nitrogens with one attached hydrogen (secondary N) is 1. The quantitative estimate of drug-likeness (QED) is 0.722. The fourth-order valence-corrected chi connectivity index (χ4v) is 2.58. The molecule has 1 rings (SSSR count). The third-order valence-corrected chi connectivity index (χ3v) is 3.85. The summed E-state index contributed by atoms with van der Waals surface area (Å²) < 4.78 is 5.10. The lowest BCUT2D eigenvalue weighted by molar-refractivity contribution is -0.119. The predicted molar refractivity (Wildman–Crippen MR) is 84.2 cm³/mol. The highest BCUT2D eigenvalue weighted by atomic mass is 32.2. The summed E-state index contributed by atoms with van der Waals surface area (Å²) in [6.45, 7) is 4.74. The maximum atomic E-state index is 11.9. The first-order chi connectivity index (χ1) is 9.55. The Morgan fingerprint density at radius 3 is 2.50 bits per heavy atom. The summed E-state index contributed by atoms with van der Waals surface area (Å²) in [6.07, 6.45) is 0.912. The Kier molecular flexibility index (Phi) is 7.47. The van der Waals surface area contributed by atoms with E-state index in [4.69, 9.17) is 10.5 Å². The van der Waals surface area contributed by atoms with Gasteiger partial charge in [-0.2, -0.15) is 0 Å². The lowest BCUT2D eigenvalue weighted by Gasteiger charge is -2.18. The number of hydrogen-bond donors (Lipinski definition) is 2. The van der Waals surface area contributed by atoms with Crippen LogP contribution in [-0.2, 0) is 4.79 Å². The Morgan fingerprint density at radius 2 is 2.00 bits per heavy atom. The molecule has 0 bridgehead atoms. The first kappa shape index (κ1) is 16.9. The Morgan fingerprint density at radius 1 is 1.35 bits per heavy atom. The van der Waals surface area contributed by atoms with E-state index >= 15 is 0 Å². The predicted octanol–water partition coefficient (Wildman–Crippen LogP) is 2.28. The molecule has 0 heterocycles. The molecule has 0 aliphatic rings. The molecular weight excluding hydrogens is 272 g/mol. The van der Waals surface area contributed by atoms with Crippen LogP contribution in [0.4, 0.5) is 0 Å².